The van der Waals surface area contributed by atoms with E-state index in [2.05, 4.69) is 17.4 Å². The Hall–Kier alpha value is -2.24. The number of benzene rings is 2. The molecule has 4 fully saturated rings. The van der Waals surface area contributed by atoms with Crippen LogP contribution in [0.5, 0.6) is 11.5 Å². The van der Waals surface area contributed by atoms with Gasteiger partial charge in [0.05, 0.1) is 12.5 Å². The minimum atomic E-state index is -0.395. The van der Waals surface area contributed by atoms with Crippen molar-refractivity contribution in [3.05, 3.63) is 58.6 Å². The lowest BCUT2D eigenvalue weighted by atomic mass is 9.42. The maximum Gasteiger partial charge on any atom is 0.226 e. The number of carbonyl (C=O) groups is 1. The van der Waals surface area contributed by atoms with Crippen molar-refractivity contribution in [1.29, 1.82) is 0 Å². The molecule has 6 heteroatoms. The number of carbonyl (C=O) groups excluding carboxylic acids is 1. The van der Waals surface area contributed by atoms with Crippen molar-refractivity contribution in [2.24, 2.45) is 17.3 Å². The standard InChI is InChI=1S/C27H32ClNO4/c1-32-24-11-18(2-7-23(24)33-17-30)8-9-29-25(31)27-14-19-10-20(15-27)13-26(12-19,16-27)21-3-5-22(28)6-4-21/h2-7,11,19-20,30H,8-10,12-17H2,1H3,(H,29,31). The molecule has 2 aromatic rings. The van der Waals surface area contributed by atoms with Gasteiger partial charge < -0.3 is 19.9 Å². The molecule has 4 aliphatic carbocycles. The average Bonchev–Trinajstić information content (AvgIpc) is 2.79. The van der Waals surface area contributed by atoms with E-state index in [-0.39, 0.29) is 16.7 Å². The van der Waals surface area contributed by atoms with Gasteiger partial charge in [-0.05, 0) is 97.6 Å². The van der Waals surface area contributed by atoms with Crippen LogP contribution in [0, 0.1) is 17.3 Å². The molecule has 6 rings (SSSR count). The van der Waals surface area contributed by atoms with Gasteiger partial charge in [-0.25, -0.2) is 0 Å². The summed E-state index contributed by atoms with van der Waals surface area (Å²) in [6, 6.07) is 14.0. The van der Waals surface area contributed by atoms with Gasteiger partial charge in [-0.1, -0.05) is 29.8 Å². The van der Waals surface area contributed by atoms with E-state index < -0.39 is 6.79 Å². The van der Waals surface area contributed by atoms with E-state index >= 15 is 0 Å². The molecule has 2 unspecified atom stereocenters. The van der Waals surface area contributed by atoms with E-state index in [1.54, 1.807) is 13.2 Å². The Morgan fingerprint density at radius 2 is 1.82 bits per heavy atom. The van der Waals surface area contributed by atoms with Crippen LogP contribution < -0.4 is 14.8 Å². The lowest BCUT2D eigenvalue weighted by molar-refractivity contribution is -0.149. The van der Waals surface area contributed by atoms with Crippen LogP contribution in [-0.2, 0) is 16.6 Å². The van der Waals surface area contributed by atoms with Gasteiger partial charge in [-0.15, -0.1) is 0 Å². The van der Waals surface area contributed by atoms with Crippen molar-refractivity contribution in [2.45, 2.75) is 50.4 Å². The van der Waals surface area contributed by atoms with E-state index in [0.29, 0.717) is 36.3 Å². The van der Waals surface area contributed by atoms with Crippen molar-refractivity contribution < 1.29 is 19.4 Å². The molecule has 33 heavy (non-hydrogen) atoms. The summed E-state index contributed by atoms with van der Waals surface area (Å²) in [5, 5.41) is 13.0. The summed E-state index contributed by atoms with van der Waals surface area (Å²) in [6.07, 6.45) is 7.36. The van der Waals surface area contributed by atoms with Crippen LogP contribution in [0.15, 0.2) is 42.5 Å². The van der Waals surface area contributed by atoms with Crippen LogP contribution in [0.3, 0.4) is 0 Å². The zero-order valence-corrected chi connectivity index (χ0v) is 19.9. The molecule has 176 valence electrons. The van der Waals surface area contributed by atoms with Gasteiger partial charge in [-0.2, -0.15) is 0 Å². The largest absolute Gasteiger partial charge is 0.493 e. The van der Waals surface area contributed by atoms with E-state index in [4.69, 9.17) is 26.2 Å². The van der Waals surface area contributed by atoms with E-state index in [1.807, 2.05) is 24.3 Å². The molecule has 4 saturated carbocycles. The molecule has 4 aliphatic rings. The fraction of sp³-hybridized carbons (Fsp3) is 0.519. The quantitative estimate of drug-likeness (QED) is 0.541. The van der Waals surface area contributed by atoms with E-state index in [9.17, 15) is 4.79 Å². The van der Waals surface area contributed by atoms with Crippen molar-refractivity contribution in [1.82, 2.24) is 5.32 Å². The molecule has 5 nitrogen and oxygen atoms in total. The van der Waals surface area contributed by atoms with Gasteiger partial charge >= 0.3 is 0 Å². The maximum absolute atomic E-state index is 13.6. The summed E-state index contributed by atoms with van der Waals surface area (Å²) in [5.74, 6) is 2.59. The molecular weight excluding hydrogens is 438 g/mol. The van der Waals surface area contributed by atoms with Crippen LogP contribution in [0.25, 0.3) is 0 Å². The predicted molar refractivity (Wildman–Crippen MR) is 128 cm³/mol. The number of aliphatic hydroxyl groups is 1. The minimum Gasteiger partial charge on any atom is -0.493 e. The molecule has 0 spiro atoms. The highest BCUT2D eigenvalue weighted by molar-refractivity contribution is 6.30. The molecule has 0 aliphatic heterocycles. The monoisotopic (exact) mass is 469 g/mol. The number of amides is 1. The molecule has 2 N–H and O–H groups in total. The summed E-state index contributed by atoms with van der Waals surface area (Å²) >= 11 is 6.16. The average molecular weight is 470 g/mol. The predicted octanol–water partition coefficient (Wildman–Crippen LogP) is 4.87. The number of hydrogen-bond acceptors (Lipinski definition) is 4. The van der Waals surface area contributed by atoms with Gasteiger partial charge in [-0.3, -0.25) is 4.79 Å². The van der Waals surface area contributed by atoms with E-state index in [1.165, 1.54) is 24.8 Å². The third-order valence-electron chi connectivity index (χ3n) is 8.15. The van der Waals surface area contributed by atoms with Crippen molar-refractivity contribution in [2.75, 3.05) is 20.4 Å². The molecule has 1 amide bonds. The number of hydrogen-bond donors (Lipinski definition) is 2. The Balaban J connectivity index is 1.27. The number of halogens is 1. The summed E-state index contributed by atoms with van der Waals surface area (Å²) in [4.78, 5) is 13.6. The Labute approximate surface area is 200 Å². The fourth-order valence-electron chi connectivity index (χ4n) is 7.23. The lowest BCUT2D eigenvalue weighted by Crippen LogP contribution is -2.59. The summed E-state index contributed by atoms with van der Waals surface area (Å²) in [5.41, 5.74) is 2.28. The highest BCUT2D eigenvalue weighted by Crippen LogP contribution is 2.65. The summed E-state index contributed by atoms with van der Waals surface area (Å²) in [6.45, 7) is 0.195. The van der Waals surface area contributed by atoms with Gasteiger partial charge in [0.1, 0.15) is 0 Å². The third-order valence-corrected chi connectivity index (χ3v) is 8.40. The second-order valence-corrected chi connectivity index (χ2v) is 10.7. The number of methoxy groups -OCH3 is 1. The number of aliphatic hydroxyl groups excluding tert-OH is 1. The van der Waals surface area contributed by atoms with Gasteiger partial charge in [0, 0.05) is 11.6 Å². The van der Waals surface area contributed by atoms with E-state index in [0.717, 1.165) is 29.8 Å². The second-order valence-electron chi connectivity index (χ2n) is 10.3. The number of nitrogens with one attached hydrogen (secondary N) is 1. The zero-order chi connectivity index (χ0) is 23.1. The van der Waals surface area contributed by atoms with Crippen LogP contribution in [-0.4, -0.2) is 31.5 Å². The smallest absolute Gasteiger partial charge is 0.226 e. The molecule has 0 saturated heterocycles. The van der Waals surface area contributed by atoms with Gasteiger partial charge in [0.25, 0.3) is 0 Å². The molecule has 0 aromatic heterocycles. The second kappa shape index (κ2) is 8.84. The van der Waals surface area contributed by atoms with Crippen molar-refractivity contribution >= 4 is 17.5 Å². The Bertz CT molecular complexity index is 1010. The summed E-state index contributed by atoms with van der Waals surface area (Å²) < 4.78 is 10.5. The molecule has 0 radical (unpaired) electrons. The Kier molecular flexibility index (Phi) is 6.04. The van der Waals surface area contributed by atoms with Crippen molar-refractivity contribution in [3.63, 3.8) is 0 Å². The highest BCUT2D eigenvalue weighted by atomic mass is 35.5. The minimum absolute atomic E-state index is 0.113. The first kappa shape index (κ1) is 22.5. The highest BCUT2D eigenvalue weighted by Gasteiger charge is 2.60. The SMILES string of the molecule is COc1cc(CCNC(=O)C23CC4CC(C2)CC(c2ccc(Cl)cc2)(C4)C3)ccc1OCO. The summed E-state index contributed by atoms with van der Waals surface area (Å²) in [7, 11) is 1.58. The first-order valence-corrected chi connectivity index (χ1v) is 12.3. The zero-order valence-electron chi connectivity index (χ0n) is 19.1. The molecule has 2 atom stereocenters. The van der Waals surface area contributed by atoms with Crippen LogP contribution in [0.1, 0.15) is 49.7 Å². The Morgan fingerprint density at radius 3 is 2.48 bits per heavy atom. The molecular formula is C27H32ClNO4. The normalized spacial score (nSPS) is 29.7. The van der Waals surface area contributed by atoms with Crippen molar-refractivity contribution in [3.8, 4) is 11.5 Å². The Morgan fingerprint density at radius 1 is 1.09 bits per heavy atom. The van der Waals surface area contributed by atoms with Crippen LogP contribution >= 0.6 is 11.6 Å². The lowest BCUT2D eigenvalue weighted by Gasteiger charge is -2.61. The topological polar surface area (TPSA) is 67.8 Å². The molecule has 2 aromatic carbocycles. The maximum atomic E-state index is 13.6. The van der Waals surface area contributed by atoms with Crippen LogP contribution in [0.2, 0.25) is 5.02 Å². The van der Waals surface area contributed by atoms with Gasteiger partial charge in [0.2, 0.25) is 5.91 Å². The van der Waals surface area contributed by atoms with Gasteiger partial charge in [0.15, 0.2) is 18.3 Å². The third kappa shape index (κ3) is 4.22. The first-order chi connectivity index (χ1) is 15.9. The molecule has 0 heterocycles. The molecule has 4 bridgehead atoms. The number of rotatable bonds is 8. The fourth-order valence-corrected chi connectivity index (χ4v) is 7.36. The van der Waals surface area contributed by atoms with Crippen LogP contribution in [0.4, 0.5) is 0 Å². The number of ether oxygens (including phenoxy) is 2. The first-order valence-electron chi connectivity index (χ1n) is 11.9.